The van der Waals surface area contributed by atoms with E-state index in [4.69, 9.17) is 4.74 Å². The summed E-state index contributed by atoms with van der Waals surface area (Å²) in [6.45, 7) is -0.165. The number of benzene rings is 4. The Hall–Kier alpha value is -4.17. The van der Waals surface area contributed by atoms with E-state index in [1.807, 2.05) is 30.3 Å². The van der Waals surface area contributed by atoms with Crippen LogP contribution in [-0.2, 0) is 16.6 Å². The minimum atomic E-state index is -3.70. The van der Waals surface area contributed by atoms with E-state index in [0.29, 0.717) is 28.4 Å². The molecule has 8 heteroatoms. The highest BCUT2D eigenvalue weighted by atomic mass is 32.2. The van der Waals surface area contributed by atoms with Crippen LogP contribution >= 0.6 is 0 Å². The van der Waals surface area contributed by atoms with E-state index in [2.05, 4.69) is 5.32 Å². The summed E-state index contributed by atoms with van der Waals surface area (Å²) in [5, 5.41) is 2.83. The third kappa shape index (κ3) is 6.04. The minimum absolute atomic E-state index is 0.165. The predicted octanol–water partition coefficient (Wildman–Crippen LogP) is 5.84. The van der Waals surface area contributed by atoms with Gasteiger partial charge in [-0.2, -0.15) is 0 Å². The van der Waals surface area contributed by atoms with Gasteiger partial charge in [0.25, 0.3) is 5.91 Å². The zero-order chi connectivity index (χ0) is 24.8. The fraction of sp³-hybridized carbons (Fsp3) is 0.0741. The number of nitrogens with zero attached hydrogens (tertiary/aromatic N) is 1. The Balaban J connectivity index is 1.53. The van der Waals surface area contributed by atoms with Gasteiger partial charge in [-0.25, -0.2) is 12.8 Å². The molecule has 0 saturated carbocycles. The Morgan fingerprint density at radius 2 is 1.49 bits per heavy atom. The SMILES string of the molecule is CS(=O)(=O)N(Cc1ccccc1F)c1ccc(C(=O)Nc2ccccc2Oc2ccccc2)cc1. The molecule has 0 heterocycles. The molecule has 0 atom stereocenters. The smallest absolute Gasteiger partial charge is 0.255 e. The molecule has 0 bridgehead atoms. The lowest BCUT2D eigenvalue weighted by Crippen LogP contribution is -2.29. The molecule has 0 aliphatic rings. The highest BCUT2D eigenvalue weighted by molar-refractivity contribution is 7.92. The summed E-state index contributed by atoms with van der Waals surface area (Å²) in [6, 6.07) is 28.3. The van der Waals surface area contributed by atoms with Crippen molar-refractivity contribution >= 4 is 27.3 Å². The molecule has 35 heavy (non-hydrogen) atoms. The first-order valence-corrected chi connectivity index (χ1v) is 12.6. The zero-order valence-electron chi connectivity index (χ0n) is 18.9. The number of anilines is 2. The zero-order valence-corrected chi connectivity index (χ0v) is 19.7. The molecular weight excluding hydrogens is 467 g/mol. The molecule has 0 unspecified atom stereocenters. The van der Waals surface area contributed by atoms with Gasteiger partial charge in [0, 0.05) is 11.1 Å². The first kappa shape index (κ1) is 24.0. The summed E-state index contributed by atoms with van der Waals surface area (Å²) in [4.78, 5) is 12.9. The summed E-state index contributed by atoms with van der Waals surface area (Å²) in [6.07, 6.45) is 1.05. The van der Waals surface area contributed by atoms with Gasteiger partial charge in [-0.3, -0.25) is 9.10 Å². The number of para-hydroxylation sites is 3. The van der Waals surface area contributed by atoms with Crippen LogP contribution in [0.4, 0.5) is 15.8 Å². The number of rotatable bonds is 8. The Morgan fingerprint density at radius 3 is 2.17 bits per heavy atom. The van der Waals surface area contributed by atoms with Gasteiger partial charge >= 0.3 is 0 Å². The van der Waals surface area contributed by atoms with Gasteiger partial charge in [-0.15, -0.1) is 0 Å². The van der Waals surface area contributed by atoms with Gasteiger partial charge in [0.05, 0.1) is 24.2 Å². The Morgan fingerprint density at radius 1 is 0.857 bits per heavy atom. The van der Waals surface area contributed by atoms with E-state index < -0.39 is 15.8 Å². The van der Waals surface area contributed by atoms with Crippen LogP contribution in [0.2, 0.25) is 0 Å². The predicted molar refractivity (Wildman–Crippen MR) is 135 cm³/mol. The molecular formula is C27H23FN2O4S. The molecule has 4 rings (SSSR count). The normalized spacial score (nSPS) is 11.0. The molecule has 178 valence electrons. The lowest BCUT2D eigenvalue weighted by molar-refractivity contribution is 0.102. The Bertz CT molecular complexity index is 1430. The summed E-state index contributed by atoms with van der Waals surface area (Å²) >= 11 is 0. The second kappa shape index (κ2) is 10.4. The summed E-state index contributed by atoms with van der Waals surface area (Å²) < 4.78 is 45.9. The van der Waals surface area contributed by atoms with Gasteiger partial charge in [-0.05, 0) is 54.6 Å². The fourth-order valence-corrected chi connectivity index (χ4v) is 4.31. The van der Waals surface area contributed by atoms with Crippen molar-refractivity contribution < 1.29 is 22.3 Å². The quantitative estimate of drug-likeness (QED) is 0.337. The monoisotopic (exact) mass is 490 g/mol. The molecule has 4 aromatic rings. The maximum atomic E-state index is 14.1. The van der Waals surface area contributed by atoms with E-state index in [1.54, 1.807) is 36.4 Å². The molecule has 0 aliphatic heterocycles. The number of carbonyl (C=O) groups excluding carboxylic acids is 1. The summed E-state index contributed by atoms with van der Waals surface area (Å²) in [7, 11) is -3.70. The topological polar surface area (TPSA) is 75.7 Å². The van der Waals surface area contributed by atoms with Crippen molar-refractivity contribution in [1.82, 2.24) is 0 Å². The second-order valence-corrected chi connectivity index (χ2v) is 9.68. The van der Waals surface area contributed by atoms with Crippen LogP contribution in [0.1, 0.15) is 15.9 Å². The summed E-state index contributed by atoms with van der Waals surface area (Å²) in [5.41, 5.74) is 1.38. The van der Waals surface area contributed by atoms with Crippen LogP contribution in [0, 0.1) is 5.82 Å². The largest absolute Gasteiger partial charge is 0.455 e. The van der Waals surface area contributed by atoms with Crippen molar-refractivity contribution in [3.8, 4) is 11.5 Å². The van der Waals surface area contributed by atoms with Crippen molar-refractivity contribution in [2.45, 2.75) is 6.54 Å². The summed E-state index contributed by atoms with van der Waals surface area (Å²) in [5.74, 6) is 0.236. The van der Waals surface area contributed by atoms with Crippen molar-refractivity contribution in [2.75, 3.05) is 15.9 Å². The van der Waals surface area contributed by atoms with Crippen molar-refractivity contribution in [1.29, 1.82) is 0 Å². The van der Waals surface area contributed by atoms with E-state index >= 15 is 0 Å². The lowest BCUT2D eigenvalue weighted by Gasteiger charge is -2.23. The number of halogens is 1. The fourth-order valence-electron chi connectivity index (χ4n) is 3.43. The van der Waals surface area contributed by atoms with Crippen LogP contribution in [0.15, 0.2) is 103 Å². The first-order valence-electron chi connectivity index (χ1n) is 10.8. The van der Waals surface area contributed by atoms with Crippen molar-refractivity contribution in [3.05, 3.63) is 120 Å². The second-order valence-electron chi connectivity index (χ2n) is 7.77. The highest BCUT2D eigenvalue weighted by Gasteiger charge is 2.20. The van der Waals surface area contributed by atoms with Gasteiger partial charge in [0.1, 0.15) is 11.6 Å². The molecule has 1 N–H and O–H groups in total. The van der Waals surface area contributed by atoms with Crippen molar-refractivity contribution in [2.24, 2.45) is 0 Å². The number of hydrogen-bond donors (Lipinski definition) is 1. The highest BCUT2D eigenvalue weighted by Crippen LogP contribution is 2.30. The number of hydrogen-bond acceptors (Lipinski definition) is 4. The standard InChI is InChI=1S/C27H23FN2O4S/c1-35(32,33)30(19-21-9-5-6-12-24(21)28)22-17-15-20(16-18-22)27(31)29-25-13-7-8-14-26(25)34-23-10-3-2-4-11-23/h2-18H,19H2,1H3,(H,29,31). The lowest BCUT2D eigenvalue weighted by atomic mass is 10.1. The van der Waals surface area contributed by atoms with Crippen LogP contribution in [0.5, 0.6) is 11.5 Å². The molecule has 0 aliphatic carbocycles. The minimum Gasteiger partial charge on any atom is -0.455 e. The molecule has 0 fully saturated rings. The van der Waals surface area contributed by atoms with Crippen LogP contribution in [0.25, 0.3) is 0 Å². The van der Waals surface area contributed by atoms with Crippen molar-refractivity contribution in [3.63, 3.8) is 0 Å². The molecule has 0 spiro atoms. The average molecular weight is 491 g/mol. The van der Waals surface area contributed by atoms with Crippen LogP contribution in [-0.4, -0.2) is 20.6 Å². The van der Waals surface area contributed by atoms with Crippen LogP contribution < -0.4 is 14.4 Å². The molecule has 0 radical (unpaired) electrons. The van der Waals surface area contributed by atoms with E-state index in [0.717, 1.165) is 10.6 Å². The van der Waals surface area contributed by atoms with E-state index in [-0.39, 0.29) is 18.0 Å². The van der Waals surface area contributed by atoms with Crippen LogP contribution in [0.3, 0.4) is 0 Å². The average Bonchev–Trinajstić information content (AvgIpc) is 2.85. The molecule has 6 nitrogen and oxygen atoms in total. The Kier molecular flexibility index (Phi) is 7.12. The third-order valence-corrected chi connectivity index (χ3v) is 6.34. The number of ether oxygens (including phenoxy) is 1. The molecule has 0 saturated heterocycles. The van der Waals surface area contributed by atoms with Gasteiger partial charge < -0.3 is 10.1 Å². The molecule has 1 amide bonds. The number of nitrogens with one attached hydrogen (secondary N) is 1. The van der Waals surface area contributed by atoms with E-state index in [1.165, 1.54) is 36.4 Å². The van der Waals surface area contributed by atoms with Gasteiger partial charge in [0.2, 0.25) is 10.0 Å². The number of sulfonamides is 1. The number of carbonyl (C=O) groups is 1. The van der Waals surface area contributed by atoms with E-state index in [9.17, 15) is 17.6 Å². The molecule has 0 aromatic heterocycles. The maximum Gasteiger partial charge on any atom is 0.255 e. The molecule has 4 aromatic carbocycles. The van der Waals surface area contributed by atoms with Gasteiger partial charge in [-0.1, -0.05) is 48.5 Å². The third-order valence-electron chi connectivity index (χ3n) is 5.20. The maximum absolute atomic E-state index is 14.1. The first-order chi connectivity index (χ1) is 16.8. The van der Waals surface area contributed by atoms with Gasteiger partial charge in [0.15, 0.2) is 5.75 Å². The number of amides is 1. The Labute approximate surface area is 203 Å².